The minimum atomic E-state index is -0.668. The van der Waals surface area contributed by atoms with Gasteiger partial charge in [0.05, 0.1) is 22.9 Å². The lowest BCUT2D eigenvalue weighted by atomic mass is 9.92. The van der Waals surface area contributed by atoms with Gasteiger partial charge in [0.2, 0.25) is 0 Å². The maximum atomic E-state index is 9.69. The number of hydrogen-bond donors (Lipinski definition) is 3. The molecule has 0 saturated heterocycles. The lowest BCUT2D eigenvalue weighted by molar-refractivity contribution is 0.224. The minimum absolute atomic E-state index is 0.0942. The highest BCUT2D eigenvalue weighted by Gasteiger charge is 2.26. The number of benzene rings is 2. The van der Waals surface area contributed by atoms with E-state index < -0.39 is 5.54 Å². The predicted molar refractivity (Wildman–Crippen MR) is 77.6 cm³/mol. The summed E-state index contributed by atoms with van der Waals surface area (Å²) in [5.74, 6) is 0.196. The van der Waals surface area contributed by atoms with E-state index in [1.54, 1.807) is 30.3 Å². The molecule has 0 aliphatic heterocycles. The maximum absolute atomic E-state index is 9.69. The van der Waals surface area contributed by atoms with Gasteiger partial charge in [0.1, 0.15) is 5.75 Å². The van der Waals surface area contributed by atoms with Crippen LogP contribution in [0.3, 0.4) is 0 Å². The molecule has 100 valence electrons. The van der Waals surface area contributed by atoms with E-state index in [2.05, 4.69) is 5.32 Å². The normalized spacial score (nSPS) is 13.8. The van der Waals surface area contributed by atoms with Gasteiger partial charge in [-0.15, -0.1) is 0 Å². The Balaban J connectivity index is 2.33. The van der Waals surface area contributed by atoms with Crippen LogP contribution in [0.4, 0.5) is 5.69 Å². The van der Waals surface area contributed by atoms with E-state index in [1.807, 2.05) is 25.1 Å². The van der Waals surface area contributed by atoms with E-state index in [9.17, 15) is 10.2 Å². The van der Waals surface area contributed by atoms with E-state index in [-0.39, 0.29) is 12.4 Å². The van der Waals surface area contributed by atoms with Crippen LogP contribution < -0.4 is 5.32 Å². The molecular weight excluding hydrogens is 262 g/mol. The Morgan fingerprint density at radius 3 is 2.32 bits per heavy atom. The SMILES string of the molecule is CC(CO)(Nc1ccccc1Cl)c1ccc(O)cc1. The summed E-state index contributed by atoms with van der Waals surface area (Å²) in [5.41, 5.74) is 0.958. The second-order valence-electron chi connectivity index (χ2n) is 4.64. The summed E-state index contributed by atoms with van der Waals surface area (Å²) in [6, 6.07) is 14.1. The third kappa shape index (κ3) is 3.00. The van der Waals surface area contributed by atoms with Crippen molar-refractivity contribution in [1.29, 1.82) is 0 Å². The summed E-state index contributed by atoms with van der Waals surface area (Å²) in [6.07, 6.45) is 0. The Hall–Kier alpha value is -1.71. The molecule has 0 bridgehead atoms. The second kappa shape index (κ2) is 5.51. The number of para-hydroxylation sites is 1. The Morgan fingerprint density at radius 1 is 1.11 bits per heavy atom. The molecule has 0 aliphatic rings. The Morgan fingerprint density at radius 2 is 1.74 bits per heavy atom. The molecule has 0 fully saturated rings. The number of aliphatic hydroxyl groups excluding tert-OH is 1. The number of aliphatic hydroxyl groups is 1. The van der Waals surface area contributed by atoms with Crippen molar-refractivity contribution in [2.45, 2.75) is 12.5 Å². The summed E-state index contributed by atoms with van der Waals surface area (Å²) in [6.45, 7) is 1.78. The fourth-order valence-electron chi connectivity index (χ4n) is 1.89. The van der Waals surface area contributed by atoms with Crippen LogP contribution in [-0.4, -0.2) is 16.8 Å². The number of anilines is 1. The van der Waals surface area contributed by atoms with E-state index in [1.165, 1.54) is 0 Å². The van der Waals surface area contributed by atoms with E-state index in [4.69, 9.17) is 11.6 Å². The lowest BCUT2D eigenvalue weighted by Crippen LogP contribution is -2.35. The van der Waals surface area contributed by atoms with Gasteiger partial charge < -0.3 is 15.5 Å². The monoisotopic (exact) mass is 277 g/mol. The van der Waals surface area contributed by atoms with Crippen LogP contribution in [-0.2, 0) is 5.54 Å². The molecule has 0 heterocycles. The molecule has 2 aromatic carbocycles. The molecule has 1 unspecified atom stereocenters. The molecular formula is C15H16ClNO2. The molecule has 2 rings (SSSR count). The molecule has 0 radical (unpaired) electrons. The van der Waals surface area contributed by atoms with Gasteiger partial charge in [0.25, 0.3) is 0 Å². The Kier molecular flexibility index (Phi) is 3.98. The number of aromatic hydroxyl groups is 1. The number of phenolic OH excluding ortho intramolecular Hbond substituents is 1. The molecule has 0 amide bonds. The maximum Gasteiger partial charge on any atom is 0.115 e. The first-order chi connectivity index (χ1) is 9.05. The van der Waals surface area contributed by atoms with Gasteiger partial charge in [-0.1, -0.05) is 35.9 Å². The van der Waals surface area contributed by atoms with Crippen molar-refractivity contribution < 1.29 is 10.2 Å². The van der Waals surface area contributed by atoms with Crippen molar-refractivity contribution in [2.24, 2.45) is 0 Å². The highest BCUT2D eigenvalue weighted by Crippen LogP contribution is 2.30. The molecule has 3 N–H and O–H groups in total. The number of halogens is 1. The van der Waals surface area contributed by atoms with Crippen molar-refractivity contribution in [3.8, 4) is 5.75 Å². The van der Waals surface area contributed by atoms with Gasteiger partial charge in [0.15, 0.2) is 0 Å². The fraction of sp³-hybridized carbons (Fsp3) is 0.200. The average Bonchev–Trinajstić information content (AvgIpc) is 2.42. The van der Waals surface area contributed by atoms with Crippen LogP contribution in [0.5, 0.6) is 5.75 Å². The summed E-state index contributed by atoms with van der Waals surface area (Å²) in [5, 5.41) is 22.9. The zero-order valence-corrected chi connectivity index (χ0v) is 11.4. The number of phenols is 1. The molecule has 19 heavy (non-hydrogen) atoms. The fourth-order valence-corrected chi connectivity index (χ4v) is 2.08. The molecule has 2 aromatic rings. The first-order valence-corrected chi connectivity index (χ1v) is 6.36. The van der Waals surface area contributed by atoms with Gasteiger partial charge in [-0.3, -0.25) is 0 Å². The average molecular weight is 278 g/mol. The molecule has 0 spiro atoms. The van der Waals surface area contributed by atoms with Crippen LogP contribution in [0, 0.1) is 0 Å². The van der Waals surface area contributed by atoms with Gasteiger partial charge in [-0.2, -0.15) is 0 Å². The smallest absolute Gasteiger partial charge is 0.115 e. The molecule has 4 heteroatoms. The Labute approximate surface area is 117 Å². The van der Waals surface area contributed by atoms with Gasteiger partial charge in [0, 0.05) is 0 Å². The summed E-state index contributed by atoms with van der Waals surface area (Å²) in [4.78, 5) is 0. The first kappa shape index (κ1) is 13.7. The molecule has 0 aromatic heterocycles. The van der Waals surface area contributed by atoms with E-state index in [0.717, 1.165) is 11.3 Å². The number of nitrogens with one attached hydrogen (secondary N) is 1. The van der Waals surface area contributed by atoms with Crippen molar-refractivity contribution in [3.63, 3.8) is 0 Å². The standard InChI is InChI=1S/C15H16ClNO2/c1-15(10-18,11-6-8-12(19)9-7-11)17-14-5-3-2-4-13(14)16/h2-9,17-19H,10H2,1H3. The van der Waals surface area contributed by atoms with Crippen LogP contribution in [0.25, 0.3) is 0 Å². The zero-order chi connectivity index (χ0) is 13.9. The molecule has 3 nitrogen and oxygen atoms in total. The number of rotatable bonds is 4. The molecule has 0 saturated carbocycles. The molecule has 0 aliphatic carbocycles. The minimum Gasteiger partial charge on any atom is -0.508 e. The largest absolute Gasteiger partial charge is 0.508 e. The second-order valence-corrected chi connectivity index (χ2v) is 5.05. The third-order valence-corrected chi connectivity index (χ3v) is 3.43. The van der Waals surface area contributed by atoms with E-state index in [0.29, 0.717) is 5.02 Å². The lowest BCUT2D eigenvalue weighted by Gasteiger charge is -2.31. The van der Waals surface area contributed by atoms with Gasteiger partial charge in [-0.05, 0) is 36.8 Å². The van der Waals surface area contributed by atoms with Crippen LogP contribution in [0.15, 0.2) is 48.5 Å². The van der Waals surface area contributed by atoms with Gasteiger partial charge in [-0.25, -0.2) is 0 Å². The number of hydrogen-bond acceptors (Lipinski definition) is 3. The van der Waals surface area contributed by atoms with Gasteiger partial charge >= 0.3 is 0 Å². The summed E-state index contributed by atoms with van der Waals surface area (Å²) < 4.78 is 0. The van der Waals surface area contributed by atoms with E-state index >= 15 is 0 Å². The topological polar surface area (TPSA) is 52.5 Å². The van der Waals surface area contributed by atoms with Crippen LogP contribution >= 0.6 is 11.6 Å². The molecule has 1 atom stereocenters. The summed E-state index contributed by atoms with van der Waals surface area (Å²) in [7, 11) is 0. The van der Waals surface area contributed by atoms with Crippen molar-refractivity contribution in [1.82, 2.24) is 0 Å². The first-order valence-electron chi connectivity index (χ1n) is 5.98. The summed E-state index contributed by atoms with van der Waals surface area (Å²) >= 11 is 6.12. The van der Waals surface area contributed by atoms with Crippen LogP contribution in [0.1, 0.15) is 12.5 Å². The van der Waals surface area contributed by atoms with Crippen molar-refractivity contribution >= 4 is 17.3 Å². The zero-order valence-electron chi connectivity index (χ0n) is 10.6. The highest BCUT2D eigenvalue weighted by molar-refractivity contribution is 6.33. The quantitative estimate of drug-likeness (QED) is 0.803. The third-order valence-electron chi connectivity index (χ3n) is 3.11. The van der Waals surface area contributed by atoms with Crippen LogP contribution in [0.2, 0.25) is 5.02 Å². The highest BCUT2D eigenvalue weighted by atomic mass is 35.5. The van der Waals surface area contributed by atoms with Crippen molar-refractivity contribution in [3.05, 3.63) is 59.1 Å². The predicted octanol–water partition coefficient (Wildman–Crippen LogP) is 3.37. The van der Waals surface area contributed by atoms with Crippen molar-refractivity contribution in [2.75, 3.05) is 11.9 Å². The Bertz CT molecular complexity index is 556.